The number of aliphatic hydroxyl groups excluding tert-OH is 1. The van der Waals surface area contributed by atoms with E-state index in [1.807, 2.05) is 12.1 Å². The number of hydrogen-bond donors (Lipinski definition) is 1. The molecule has 3 nitrogen and oxygen atoms in total. The predicted octanol–water partition coefficient (Wildman–Crippen LogP) is 2.49. The largest absolute Gasteiger partial charge is 0.467 e. The van der Waals surface area contributed by atoms with Gasteiger partial charge in [0, 0.05) is 17.1 Å². The van der Waals surface area contributed by atoms with E-state index in [-0.39, 0.29) is 6.79 Å². The summed E-state index contributed by atoms with van der Waals surface area (Å²) in [5.41, 5.74) is 0.755. The van der Waals surface area contributed by atoms with Gasteiger partial charge in [0.1, 0.15) is 5.75 Å². The maximum Gasteiger partial charge on any atom is 0.188 e. The Morgan fingerprint density at radius 2 is 2.21 bits per heavy atom. The first-order chi connectivity index (χ1) is 6.65. The Hall–Kier alpha value is -0.580. The van der Waals surface area contributed by atoms with Crippen molar-refractivity contribution in [2.45, 2.75) is 13.0 Å². The van der Waals surface area contributed by atoms with Crippen LogP contribution in [0.15, 0.2) is 22.7 Å². The van der Waals surface area contributed by atoms with Gasteiger partial charge in [0.2, 0.25) is 0 Å². The van der Waals surface area contributed by atoms with E-state index in [1.54, 1.807) is 20.1 Å². The standard InChI is InChI=1S/C10H13BrO3/c1-7(12)9-4-3-8(11)5-10(9)14-6-13-2/h3-5,7,12H,6H2,1-2H3. The second-order valence-electron chi connectivity index (χ2n) is 2.91. The quantitative estimate of drug-likeness (QED) is 0.846. The Kier molecular flexibility index (Phi) is 4.38. The van der Waals surface area contributed by atoms with Crippen molar-refractivity contribution >= 4 is 15.9 Å². The summed E-state index contributed by atoms with van der Waals surface area (Å²) in [6.07, 6.45) is -0.546. The monoisotopic (exact) mass is 260 g/mol. The average molecular weight is 261 g/mol. The van der Waals surface area contributed by atoms with Crippen LogP contribution in [0.2, 0.25) is 0 Å². The van der Waals surface area contributed by atoms with Gasteiger partial charge in [0.25, 0.3) is 0 Å². The van der Waals surface area contributed by atoms with Gasteiger partial charge in [-0.3, -0.25) is 0 Å². The Morgan fingerprint density at radius 1 is 1.50 bits per heavy atom. The van der Waals surface area contributed by atoms with Crippen molar-refractivity contribution < 1.29 is 14.6 Å². The Bertz CT molecular complexity index is 299. The van der Waals surface area contributed by atoms with Crippen LogP contribution in [0, 0.1) is 0 Å². The highest BCUT2D eigenvalue weighted by Gasteiger charge is 2.09. The van der Waals surface area contributed by atoms with E-state index >= 15 is 0 Å². The summed E-state index contributed by atoms with van der Waals surface area (Å²) in [5, 5.41) is 9.46. The van der Waals surface area contributed by atoms with Crippen molar-refractivity contribution in [3.05, 3.63) is 28.2 Å². The van der Waals surface area contributed by atoms with Gasteiger partial charge in [-0.1, -0.05) is 22.0 Å². The molecular weight excluding hydrogens is 248 g/mol. The number of benzene rings is 1. The topological polar surface area (TPSA) is 38.7 Å². The van der Waals surface area contributed by atoms with Crippen LogP contribution in [0.1, 0.15) is 18.6 Å². The molecule has 4 heteroatoms. The van der Waals surface area contributed by atoms with Crippen LogP contribution in [0.5, 0.6) is 5.75 Å². The third-order valence-electron chi connectivity index (χ3n) is 1.76. The van der Waals surface area contributed by atoms with Gasteiger partial charge in [-0.2, -0.15) is 0 Å². The molecule has 1 atom stereocenters. The van der Waals surface area contributed by atoms with Gasteiger partial charge in [-0.15, -0.1) is 0 Å². The molecule has 1 unspecified atom stereocenters. The highest BCUT2D eigenvalue weighted by molar-refractivity contribution is 9.10. The van der Waals surface area contributed by atoms with Gasteiger partial charge in [0.05, 0.1) is 6.10 Å². The fourth-order valence-corrected chi connectivity index (χ4v) is 1.44. The Morgan fingerprint density at radius 3 is 2.79 bits per heavy atom. The summed E-state index contributed by atoms with van der Waals surface area (Å²) in [7, 11) is 1.56. The zero-order valence-corrected chi connectivity index (χ0v) is 9.74. The number of aliphatic hydroxyl groups is 1. The van der Waals surface area contributed by atoms with Gasteiger partial charge < -0.3 is 14.6 Å². The molecule has 78 valence electrons. The van der Waals surface area contributed by atoms with E-state index in [2.05, 4.69) is 15.9 Å². The normalized spacial score (nSPS) is 12.6. The Balaban J connectivity index is 2.91. The van der Waals surface area contributed by atoms with Crippen LogP contribution in [0.25, 0.3) is 0 Å². The first-order valence-electron chi connectivity index (χ1n) is 4.24. The Labute approximate surface area is 91.8 Å². The molecule has 0 fully saturated rings. The molecule has 0 aliphatic carbocycles. The summed E-state index contributed by atoms with van der Waals surface area (Å²) in [4.78, 5) is 0. The average Bonchev–Trinajstić information content (AvgIpc) is 2.14. The number of hydrogen-bond acceptors (Lipinski definition) is 3. The van der Waals surface area contributed by atoms with E-state index in [4.69, 9.17) is 9.47 Å². The van der Waals surface area contributed by atoms with E-state index < -0.39 is 6.10 Å². The molecule has 14 heavy (non-hydrogen) atoms. The van der Waals surface area contributed by atoms with E-state index in [0.29, 0.717) is 5.75 Å². The molecule has 0 saturated heterocycles. The van der Waals surface area contributed by atoms with Crippen LogP contribution in [0.3, 0.4) is 0 Å². The summed E-state index contributed by atoms with van der Waals surface area (Å²) in [5.74, 6) is 0.635. The van der Waals surface area contributed by atoms with Crippen molar-refractivity contribution in [1.82, 2.24) is 0 Å². The molecule has 0 aliphatic rings. The minimum atomic E-state index is -0.546. The molecule has 0 spiro atoms. The molecule has 0 bridgehead atoms. The van der Waals surface area contributed by atoms with Crippen molar-refractivity contribution in [3.8, 4) is 5.75 Å². The molecular formula is C10H13BrO3. The fourth-order valence-electron chi connectivity index (χ4n) is 1.10. The molecule has 1 aromatic carbocycles. The molecule has 0 aliphatic heterocycles. The molecule has 0 aromatic heterocycles. The molecule has 0 heterocycles. The fraction of sp³-hybridized carbons (Fsp3) is 0.400. The summed E-state index contributed by atoms with van der Waals surface area (Å²) < 4.78 is 11.0. The summed E-state index contributed by atoms with van der Waals surface area (Å²) in [6.45, 7) is 1.87. The van der Waals surface area contributed by atoms with Gasteiger partial charge in [-0.05, 0) is 19.1 Å². The minimum Gasteiger partial charge on any atom is -0.467 e. The second-order valence-corrected chi connectivity index (χ2v) is 3.82. The molecule has 0 radical (unpaired) electrons. The minimum absolute atomic E-state index is 0.177. The zero-order valence-electron chi connectivity index (χ0n) is 8.16. The maximum absolute atomic E-state index is 9.46. The molecule has 0 amide bonds. The van der Waals surface area contributed by atoms with E-state index in [9.17, 15) is 5.11 Å². The van der Waals surface area contributed by atoms with Crippen molar-refractivity contribution in [1.29, 1.82) is 0 Å². The molecule has 1 aromatic rings. The molecule has 0 saturated carbocycles. The first-order valence-corrected chi connectivity index (χ1v) is 5.03. The first kappa shape index (κ1) is 11.5. The highest BCUT2D eigenvalue weighted by atomic mass is 79.9. The lowest BCUT2D eigenvalue weighted by atomic mass is 10.1. The van der Waals surface area contributed by atoms with Gasteiger partial charge in [-0.25, -0.2) is 0 Å². The summed E-state index contributed by atoms with van der Waals surface area (Å²) >= 11 is 3.33. The lowest BCUT2D eigenvalue weighted by Crippen LogP contribution is -2.03. The van der Waals surface area contributed by atoms with E-state index in [1.165, 1.54) is 0 Å². The summed E-state index contributed by atoms with van der Waals surface area (Å²) in [6, 6.07) is 5.49. The lowest BCUT2D eigenvalue weighted by Gasteiger charge is -2.12. The number of rotatable bonds is 4. The SMILES string of the molecule is COCOc1cc(Br)ccc1C(C)O. The van der Waals surface area contributed by atoms with Crippen molar-refractivity contribution in [2.75, 3.05) is 13.9 Å². The molecule has 1 N–H and O–H groups in total. The third-order valence-corrected chi connectivity index (χ3v) is 2.25. The maximum atomic E-state index is 9.46. The van der Waals surface area contributed by atoms with Crippen molar-refractivity contribution in [3.63, 3.8) is 0 Å². The smallest absolute Gasteiger partial charge is 0.188 e. The van der Waals surface area contributed by atoms with Crippen LogP contribution >= 0.6 is 15.9 Å². The van der Waals surface area contributed by atoms with Crippen LogP contribution in [-0.4, -0.2) is 19.0 Å². The van der Waals surface area contributed by atoms with Crippen LogP contribution in [0.4, 0.5) is 0 Å². The number of halogens is 1. The lowest BCUT2D eigenvalue weighted by molar-refractivity contribution is 0.0483. The van der Waals surface area contributed by atoms with E-state index in [0.717, 1.165) is 10.0 Å². The van der Waals surface area contributed by atoms with Crippen LogP contribution < -0.4 is 4.74 Å². The zero-order chi connectivity index (χ0) is 10.6. The van der Waals surface area contributed by atoms with Gasteiger partial charge >= 0.3 is 0 Å². The third kappa shape index (κ3) is 2.97. The van der Waals surface area contributed by atoms with Crippen LogP contribution in [-0.2, 0) is 4.74 Å². The molecule has 1 rings (SSSR count). The number of methoxy groups -OCH3 is 1. The van der Waals surface area contributed by atoms with Crippen molar-refractivity contribution in [2.24, 2.45) is 0 Å². The number of ether oxygens (including phenoxy) is 2. The predicted molar refractivity (Wildman–Crippen MR) is 57.3 cm³/mol. The second kappa shape index (κ2) is 5.34. The highest BCUT2D eigenvalue weighted by Crippen LogP contribution is 2.28. The van der Waals surface area contributed by atoms with Gasteiger partial charge in [0.15, 0.2) is 6.79 Å².